The van der Waals surface area contributed by atoms with Crippen molar-refractivity contribution < 1.29 is 38.3 Å². The van der Waals surface area contributed by atoms with E-state index in [4.69, 9.17) is 16.2 Å². The number of nitrogens with two attached hydrogens (primary N) is 2. The van der Waals surface area contributed by atoms with Gasteiger partial charge in [0.05, 0.1) is 23.0 Å². The number of rotatable bonds is 26. The quantitative estimate of drug-likeness (QED) is 0.0414. The van der Waals surface area contributed by atoms with Gasteiger partial charge in [-0.15, -0.1) is 0 Å². The molecule has 2 heterocycles. The summed E-state index contributed by atoms with van der Waals surface area (Å²) in [6.45, 7) is 13.2. The van der Waals surface area contributed by atoms with Gasteiger partial charge in [0.15, 0.2) is 0 Å². The Bertz CT molecular complexity index is 2300. The molecule has 70 heavy (non-hydrogen) atoms. The second kappa shape index (κ2) is 27.8. The number of nitrogens with zero attached hydrogens (tertiary/aromatic N) is 3. The van der Waals surface area contributed by atoms with E-state index >= 15 is 0 Å². The van der Waals surface area contributed by atoms with Crippen LogP contribution in [0.4, 0.5) is 26.7 Å². The third-order valence-electron chi connectivity index (χ3n) is 11.8. The third kappa shape index (κ3) is 17.8. The van der Waals surface area contributed by atoms with E-state index in [-0.39, 0.29) is 43.8 Å². The summed E-state index contributed by atoms with van der Waals surface area (Å²) >= 11 is 0. The third-order valence-corrected chi connectivity index (χ3v) is 11.8. The number of urea groups is 1. The van der Waals surface area contributed by atoms with Crippen molar-refractivity contribution in [1.82, 2.24) is 31.2 Å². The number of carbonyl (C=O) groups is 7. The summed E-state index contributed by atoms with van der Waals surface area (Å²) in [7, 11) is 0. The van der Waals surface area contributed by atoms with Gasteiger partial charge in [-0.3, -0.25) is 29.0 Å². The van der Waals surface area contributed by atoms with Crippen LogP contribution >= 0.6 is 0 Å². The van der Waals surface area contributed by atoms with E-state index in [9.17, 15) is 33.6 Å². The largest absolute Gasteiger partial charge is 0.445 e. The minimum atomic E-state index is -0.997. The van der Waals surface area contributed by atoms with Gasteiger partial charge in [0, 0.05) is 56.5 Å². The lowest BCUT2D eigenvalue weighted by Crippen LogP contribution is -2.54. The molecule has 1 aliphatic rings. The van der Waals surface area contributed by atoms with Gasteiger partial charge in [0.2, 0.25) is 23.6 Å². The molecule has 2 aromatic carbocycles. The number of aromatic nitrogens is 1. The maximum absolute atomic E-state index is 13.7. The molecule has 3 atom stereocenters. The van der Waals surface area contributed by atoms with Gasteiger partial charge in [-0.25, -0.2) is 14.6 Å². The van der Waals surface area contributed by atoms with Gasteiger partial charge in [0.25, 0.3) is 5.91 Å². The summed E-state index contributed by atoms with van der Waals surface area (Å²) in [6.07, 6.45) is 9.29. The highest BCUT2D eigenvalue weighted by molar-refractivity contribution is 6.05. The number of hydrogen-bond acceptors (Lipinski definition) is 11. The van der Waals surface area contributed by atoms with Crippen molar-refractivity contribution in [2.24, 2.45) is 27.8 Å². The Hall–Kier alpha value is -7.05. The van der Waals surface area contributed by atoms with Gasteiger partial charge >= 0.3 is 12.1 Å². The molecule has 0 spiro atoms. The minimum Gasteiger partial charge on any atom is -0.445 e. The van der Waals surface area contributed by atoms with Crippen LogP contribution in [0, 0.1) is 11.3 Å². The lowest BCUT2D eigenvalue weighted by atomic mass is 9.79. The number of fused-ring (bicyclic) bond motifs is 1. The highest BCUT2D eigenvalue weighted by Crippen LogP contribution is 2.37. The molecular weight excluding hydrogens is 895 g/mol. The van der Waals surface area contributed by atoms with E-state index in [0.717, 1.165) is 44.1 Å². The molecular formula is C51H73N11O8. The van der Waals surface area contributed by atoms with E-state index in [1.54, 1.807) is 48.7 Å². The molecule has 0 fully saturated rings. The summed E-state index contributed by atoms with van der Waals surface area (Å²) in [5.74, 6) is -1.51. The molecule has 0 bridgehead atoms. The Labute approximate surface area is 411 Å². The van der Waals surface area contributed by atoms with Gasteiger partial charge in [-0.2, -0.15) is 0 Å². The number of alkyl carbamates (subject to hydrolysis) is 1. The lowest BCUT2D eigenvalue weighted by Gasteiger charge is -2.34. The maximum atomic E-state index is 13.7. The van der Waals surface area contributed by atoms with E-state index in [2.05, 4.69) is 48.8 Å². The molecule has 0 aliphatic carbocycles. The summed E-state index contributed by atoms with van der Waals surface area (Å²) in [5.41, 5.74) is 14.5. The molecule has 19 heteroatoms. The summed E-state index contributed by atoms with van der Waals surface area (Å²) < 4.78 is 5.42. The van der Waals surface area contributed by atoms with Crippen molar-refractivity contribution in [3.05, 3.63) is 83.2 Å². The van der Waals surface area contributed by atoms with Crippen LogP contribution in [0.25, 0.3) is 0 Å². The fourth-order valence-corrected chi connectivity index (χ4v) is 8.11. The van der Waals surface area contributed by atoms with E-state index in [0.29, 0.717) is 78.4 Å². The Morgan fingerprint density at radius 3 is 2.19 bits per heavy atom. The highest BCUT2D eigenvalue weighted by atomic mass is 16.5. The molecule has 1 aromatic heterocycles. The van der Waals surface area contributed by atoms with E-state index in [1.165, 1.54) is 6.20 Å². The first-order valence-corrected chi connectivity index (χ1v) is 24.4. The van der Waals surface area contributed by atoms with Crippen molar-refractivity contribution in [1.29, 1.82) is 0 Å². The zero-order valence-electron chi connectivity index (χ0n) is 41.6. The van der Waals surface area contributed by atoms with Crippen LogP contribution in [-0.4, -0.2) is 89.1 Å². The second-order valence-electron chi connectivity index (χ2n) is 18.4. The molecule has 0 radical (unpaired) electrons. The normalized spacial score (nSPS) is 14.9. The highest BCUT2D eigenvalue weighted by Gasteiger charge is 2.39. The van der Waals surface area contributed by atoms with E-state index < -0.39 is 47.3 Å². The lowest BCUT2D eigenvalue weighted by molar-refractivity contribution is -0.141. The van der Waals surface area contributed by atoms with Crippen LogP contribution in [0.15, 0.2) is 65.9 Å². The van der Waals surface area contributed by atoms with Crippen LogP contribution in [-0.2, 0) is 43.5 Å². The number of pyridine rings is 1. The zero-order valence-corrected chi connectivity index (χ0v) is 41.6. The number of anilines is 2. The van der Waals surface area contributed by atoms with Crippen LogP contribution in [0.1, 0.15) is 133 Å². The average Bonchev–Trinajstić information content (AvgIpc) is 3.45. The van der Waals surface area contributed by atoms with Gasteiger partial charge in [-0.1, -0.05) is 72.1 Å². The van der Waals surface area contributed by atoms with E-state index in [1.807, 2.05) is 45.6 Å². The monoisotopic (exact) mass is 968 g/mol. The van der Waals surface area contributed by atoms with Crippen molar-refractivity contribution in [3.63, 3.8) is 0 Å². The van der Waals surface area contributed by atoms with Gasteiger partial charge in [-0.05, 0) is 98.4 Å². The number of carbonyl (C=O) groups excluding carboxylic acids is 7. The van der Waals surface area contributed by atoms with Crippen LogP contribution in [0.5, 0.6) is 0 Å². The van der Waals surface area contributed by atoms with Crippen molar-refractivity contribution in [2.75, 3.05) is 30.3 Å². The molecule has 3 aromatic rings. The maximum Gasteiger partial charge on any atom is 0.407 e. The fraction of sp³-hybridized carbons (Fsp3) is 0.510. The Morgan fingerprint density at radius 1 is 0.786 bits per heavy atom. The number of primary amides is 1. The topological polar surface area (TPSA) is 281 Å². The Kier molecular flexibility index (Phi) is 22.1. The van der Waals surface area contributed by atoms with Crippen molar-refractivity contribution in [3.8, 4) is 0 Å². The van der Waals surface area contributed by atoms with Gasteiger partial charge in [0.1, 0.15) is 24.5 Å². The standard InChI is InChI=1S/C51H73N11O8/c1-7-10-11-12-15-43(63)61-44(33(4)5)47(66)60-40(14-13-22-55-49(53)68)46(65)57-38-20-16-34(17-21-38)32-70-50(69)56-30-35-25-39(31-54-29-35)58-45(64)36-18-19-37-27-51(6,28-42(52)59-41(37)26-36)48(67)62(23-8-2)24-9-3/h16-21,25-26,29,31,33,40,44H,7-15,22-24,27-28,30,32H2,1-6H3,(H2,52,59)(H,56,69)(H,57,65)(H,58,64)(H,60,66)(H,61,63)(H3,53,55,68). The van der Waals surface area contributed by atoms with Crippen molar-refractivity contribution in [2.45, 2.75) is 137 Å². The first kappa shape index (κ1) is 55.5. The predicted octanol–water partition coefficient (Wildman–Crippen LogP) is 6.33. The van der Waals surface area contributed by atoms with Crippen LogP contribution in [0.3, 0.4) is 0 Å². The number of amidine groups is 1. The molecule has 19 nitrogen and oxygen atoms in total. The molecule has 10 N–H and O–H groups in total. The number of amides is 8. The fourth-order valence-electron chi connectivity index (χ4n) is 8.11. The number of ether oxygens (including phenoxy) is 1. The Morgan fingerprint density at radius 2 is 1.51 bits per heavy atom. The average molecular weight is 968 g/mol. The predicted molar refractivity (Wildman–Crippen MR) is 270 cm³/mol. The molecule has 3 unspecified atom stereocenters. The summed E-state index contributed by atoms with van der Waals surface area (Å²) in [6, 6.07) is 10.9. The molecule has 8 amide bonds. The number of benzene rings is 2. The number of nitrogens with one attached hydrogen (secondary N) is 6. The second-order valence-corrected chi connectivity index (χ2v) is 18.4. The molecule has 1 aliphatic heterocycles. The molecule has 0 saturated carbocycles. The summed E-state index contributed by atoms with van der Waals surface area (Å²) in [4.78, 5) is 101. The number of unbranched alkanes of at least 4 members (excludes halogenated alkanes) is 3. The first-order valence-electron chi connectivity index (χ1n) is 24.4. The SMILES string of the molecule is CCCCCCC(=O)NC(C(=O)NC(CCCNC(N)=O)C(=O)Nc1ccc(COC(=O)NCc2cncc(NC(=O)c3ccc4c(c3)N=C(N)CC(C)(C(=O)N(CCC)CCC)C4)c2)cc1)C(C)C. The molecule has 380 valence electrons. The first-order chi connectivity index (χ1) is 33.4. The Balaban J connectivity index is 1.29. The smallest absolute Gasteiger partial charge is 0.407 e. The van der Waals surface area contributed by atoms with Gasteiger partial charge < -0.3 is 53.0 Å². The number of aliphatic imine (C=N–C) groups is 1. The van der Waals surface area contributed by atoms with Crippen molar-refractivity contribution >= 4 is 64.6 Å². The summed E-state index contributed by atoms with van der Waals surface area (Å²) in [5, 5.41) is 16.4. The zero-order chi connectivity index (χ0) is 51.2. The molecule has 4 rings (SSSR count). The minimum absolute atomic E-state index is 0.0455. The molecule has 0 saturated heterocycles. The van der Waals surface area contributed by atoms with Crippen LogP contribution < -0.4 is 43.4 Å². The number of hydrogen-bond donors (Lipinski definition) is 8. The van der Waals surface area contributed by atoms with Crippen LogP contribution in [0.2, 0.25) is 0 Å².